The fourth-order valence-corrected chi connectivity index (χ4v) is 2.34. The number of aliphatic hydroxyl groups excluding tert-OH is 6. The van der Waals surface area contributed by atoms with Crippen LogP contribution in [0.4, 0.5) is 0 Å². The van der Waals surface area contributed by atoms with Gasteiger partial charge in [-0.2, -0.15) is 0 Å². The molecule has 2 atom stereocenters. The van der Waals surface area contributed by atoms with E-state index in [1.54, 1.807) is 0 Å². The van der Waals surface area contributed by atoms with Crippen molar-refractivity contribution in [3.8, 4) is 0 Å². The molecule has 0 aromatic heterocycles. The largest absolute Gasteiger partial charge is 0.478 e. The summed E-state index contributed by atoms with van der Waals surface area (Å²) in [6.45, 7) is -2.08. The molecule has 0 aliphatic carbocycles. The van der Waals surface area contributed by atoms with Crippen molar-refractivity contribution in [1.82, 2.24) is 0 Å². The molecule has 2 unspecified atom stereocenters. The van der Waals surface area contributed by atoms with Gasteiger partial charge in [0.1, 0.15) is 0 Å². The van der Waals surface area contributed by atoms with Gasteiger partial charge in [0, 0.05) is 57.1 Å². The lowest BCUT2D eigenvalue weighted by Crippen LogP contribution is -2.27. The molecule has 0 amide bonds. The van der Waals surface area contributed by atoms with E-state index < -0.39 is 29.6 Å². The molecule has 8 heteroatoms. The molecule has 136 valence electrons. The summed E-state index contributed by atoms with van der Waals surface area (Å²) < 4.78 is 0. The van der Waals surface area contributed by atoms with Gasteiger partial charge in [0.15, 0.2) is 0 Å². The number of hydrogen-bond donors (Lipinski definition) is 7. The number of allylic oxidation sites excluding steroid dienone is 1. The summed E-state index contributed by atoms with van der Waals surface area (Å²) in [5.41, 5.74) is -0.0102. The monoisotopic (exact) mass is 336 g/mol. The predicted octanol–water partition coefficient (Wildman–Crippen LogP) is -1.80. The standard InChI is InChI=1S/C15H28O8/c16-4-11(13(6-18)7-19)2-1-10(15(22)23)3-12(5-17)14(8-20)9-21/h1,11-14,16-21H,2-9H2,(H,22,23). The number of rotatable bonds is 13. The summed E-state index contributed by atoms with van der Waals surface area (Å²) in [6, 6.07) is 0. The van der Waals surface area contributed by atoms with E-state index in [0.717, 1.165) is 0 Å². The van der Waals surface area contributed by atoms with E-state index in [1.165, 1.54) is 6.08 Å². The van der Waals surface area contributed by atoms with E-state index in [-0.39, 0.29) is 58.1 Å². The van der Waals surface area contributed by atoms with Crippen LogP contribution in [0, 0.1) is 23.7 Å². The Labute approximate surface area is 135 Å². The quantitative estimate of drug-likeness (QED) is 0.194. The van der Waals surface area contributed by atoms with E-state index >= 15 is 0 Å². The van der Waals surface area contributed by atoms with Crippen molar-refractivity contribution >= 4 is 5.97 Å². The lowest BCUT2D eigenvalue weighted by molar-refractivity contribution is -0.133. The third-order valence-corrected chi connectivity index (χ3v) is 4.16. The highest BCUT2D eigenvalue weighted by Gasteiger charge is 2.24. The summed E-state index contributed by atoms with van der Waals surface area (Å²) >= 11 is 0. The fraction of sp³-hybridized carbons (Fsp3) is 0.800. The van der Waals surface area contributed by atoms with Gasteiger partial charge in [0.25, 0.3) is 0 Å². The van der Waals surface area contributed by atoms with Crippen LogP contribution in [0.5, 0.6) is 0 Å². The van der Waals surface area contributed by atoms with Gasteiger partial charge < -0.3 is 35.7 Å². The highest BCUT2D eigenvalue weighted by Crippen LogP contribution is 2.23. The van der Waals surface area contributed by atoms with Crippen molar-refractivity contribution in [2.45, 2.75) is 12.8 Å². The van der Waals surface area contributed by atoms with Crippen LogP contribution < -0.4 is 0 Å². The van der Waals surface area contributed by atoms with E-state index in [0.29, 0.717) is 0 Å². The first-order valence-electron chi connectivity index (χ1n) is 7.56. The first-order chi connectivity index (χ1) is 11.0. The molecular formula is C15H28O8. The zero-order valence-corrected chi connectivity index (χ0v) is 13.1. The molecule has 0 saturated carbocycles. The molecule has 0 radical (unpaired) electrons. The Bertz CT molecular complexity index is 349. The SMILES string of the molecule is O=C(O)C(=CCC(CO)C(CO)CO)CC(CO)C(CO)CO. The Morgan fingerprint density at radius 3 is 1.43 bits per heavy atom. The van der Waals surface area contributed by atoms with Gasteiger partial charge in [-0.3, -0.25) is 0 Å². The molecule has 0 fully saturated rings. The molecule has 0 rings (SSSR count). The minimum absolute atomic E-state index is 0.0102. The average Bonchev–Trinajstić information content (AvgIpc) is 2.56. The molecule has 0 aliphatic rings. The van der Waals surface area contributed by atoms with Crippen molar-refractivity contribution in [2.24, 2.45) is 23.7 Å². The van der Waals surface area contributed by atoms with Crippen molar-refractivity contribution < 1.29 is 40.5 Å². The summed E-state index contributed by atoms with van der Waals surface area (Å²) in [7, 11) is 0. The van der Waals surface area contributed by atoms with Gasteiger partial charge >= 0.3 is 5.97 Å². The van der Waals surface area contributed by atoms with Gasteiger partial charge in [-0.1, -0.05) is 6.08 Å². The molecule has 0 aromatic carbocycles. The fourth-order valence-electron chi connectivity index (χ4n) is 2.34. The van der Waals surface area contributed by atoms with Crippen molar-refractivity contribution in [3.63, 3.8) is 0 Å². The molecular weight excluding hydrogens is 308 g/mol. The minimum Gasteiger partial charge on any atom is -0.478 e. The Kier molecular flexibility index (Phi) is 11.8. The average molecular weight is 336 g/mol. The Morgan fingerprint density at radius 1 is 0.696 bits per heavy atom. The van der Waals surface area contributed by atoms with Crippen LogP contribution in [0.2, 0.25) is 0 Å². The minimum atomic E-state index is -1.20. The third kappa shape index (κ3) is 7.38. The summed E-state index contributed by atoms with van der Waals surface area (Å²) in [6.07, 6.45) is 1.49. The maximum absolute atomic E-state index is 11.3. The first-order valence-corrected chi connectivity index (χ1v) is 7.56. The zero-order valence-electron chi connectivity index (χ0n) is 13.1. The van der Waals surface area contributed by atoms with Crippen LogP contribution in [0.1, 0.15) is 12.8 Å². The normalized spacial score (nSPS) is 15.2. The molecule has 8 nitrogen and oxygen atoms in total. The number of hydrogen-bond acceptors (Lipinski definition) is 7. The number of aliphatic hydroxyl groups is 6. The number of carbonyl (C=O) groups is 1. The molecule has 0 aliphatic heterocycles. The summed E-state index contributed by atoms with van der Waals surface area (Å²) in [5, 5.41) is 64.4. The van der Waals surface area contributed by atoms with E-state index in [2.05, 4.69) is 0 Å². The van der Waals surface area contributed by atoms with Crippen molar-refractivity contribution in [1.29, 1.82) is 0 Å². The van der Waals surface area contributed by atoms with Gasteiger partial charge in [0.2, 0.25) is 0 Å². The van der Waals surface area contributed by atoms with Gasteiger partial charge in [-0.05, 0) is 24.7 Å². The maximum atomic E-state index is 11.3. The molecule has 0 saturated heterocycles. The van der Waals surface area contributed by atoms with Crippen LogP contribution >= 0.6 is 0 Å². The van der Waals surface area contributed by atoms with Crippen molar-refractivity contribution in [2.75, 3.05) is 39.6 Å². The zero-order chi connectivity index (χ0) is 17.8. The summed E-state index contributed by atoms with van der Waals surface area (Å²) in [5.74, 6) is -3.47. The van der Waals surface area contributed by atoms with Gasteiger partial charge in [-0.25, -0.2) is 4.79 Å². The Balaban J connectivity index is 5.04. The molecule has 23 heavy (non-hydrogen) atoms. The highest BCUT2D eigenvalue weighted by atomic mass is 16.4. The highest BCUT2D eigenvalue weighted by molar-refractivity contribution is 5.86. The molecule has 0 aromatic rings. The number of carboxylic acid groups (broad SMARTS) is 1. The molecule has 0 spiro atoms. The smallest absolute Gasteiger partial charge is 0.331 e. The van der Waals surface area contributed by atoms with Gasteiger partial charge in [-0.15, -0.1) is 0 Å². The Morgan fingerprint density at radius 2 is 1.09 bits per heavy atom. The molecule has 7 N–H and O–H groups in total. The lowest BCUT2D eigenvalue weighted by Gasteiger charge is -2.23. The van der Waals surface area contributed by atoms with E-state index in [9.17, 15) is 20.1 Å². The second kappa shape index (κ2) is 12.4. The van der Waals surface area contributed by atoms with Crippen LogP contribution in [0.25, 0.3) is 0 Å². The second-order valence-electron chi connectivity index (χ2n) is 5.61. The first kappa shape index (κ1) is 22.0. The van der Waals surface area contributed by atoms with Crippen LogP contribution in [-0.2, 0) is 4.79 Å². The maximum Gasteiger partial charge on any atom is 0.331 e. The van der Waals surface area contributed by atoms with Crippen molar-refractivity contribution in [3.05, 3.63) is 11.6 Å². The van der Waals surface area contributed by atoms with E-state index in [4.69, 9.17) is 20.4 Å². The molecule has 0 bridgehead atoms. The van der Waals surface area contributed by atoms with E-state index in [1.807, 2.05) is 0 Å². The third-order valence-electron chi connectivity index (χ3n) is 4.16. The second-order valence-corrected chi connectivity index (χ2v) is 5.61. The van der Waals surface area contributed by atoms with Gasteiger partial charge in [0.05, 0.1) is 0 Å². The summed E-state index contributed by atoms with van der Waals surface area (Å²) in [4.78, 5) is 11.3. The lowest BCUT2D eigenvalue weighted by atomic mass is 9.86. The Hall–Kier alpha value is -1.03. The number of carboxylic acids is 1. The molecule has 0 heterocycles. The predicted molar refractivity (Wildman–Crippen MR) is 81.4 cm³/mol. The van der Waals surface area contributed by atoms with Crippen LogP contribution in [0.3, 0.4) is 0 Å². The topological polar surface area (TPSA) is 159 Å². The van der Waals surface area contributed by atoms with Crippen LogP contribution in [0.15, 0.2) is 11.6 Å². The number of aliphatic carboxylic acids is 1. The van der Waals surface area contributed by atoms with Crippen LogP contribution in [-0.4, -0.2) is 81.4 Å².